The maximum atomic E-state index is 12.4. The molecular formula is C37H48N2O7. The van der Waals surface area contributed by atoms with Crippen molar-refractivity contribution in [3.8, 4) is 11.5 Å². The van der Waals surface area contributed by atoms with Gasteiger partial charge in [0.05, 0.1) is 46.2 Å². The van der Waals surface area contributed by atoms with Crippen molar-refractivity contribution in [1.82, 2.24) is 5.06 Å². The molecule has 9 nitrogen and oxygen atoms in total. The smallest absolute Gasteiger partial charge is 0.496 e. The molecule has 2 aliphatic rings. The van der Waals surface area contributed by atoms with Crippen LogP contribution < -0.4 is 14.8 Å². The van der Waals surface area contributed by atoms with Crippen LogP contribution in [-0.2, 0) is 38.7 Å². The molecule has 2 heterocycles. The van der Waals surface area contributed by atoms with Crippen molar-refractivity contribution >= 4 is 11.8 Å². The Kier molecular flexibility index (Phi) is 11.8. The van der Waals surface area contributed by atoms with Crippen LogP contribution in [0.3, 0.4) is 0 Å². The second kappa shape index (κ2) is 16.2. The molecule has 0 aromatic heterocycles. The number of carbonyl (C=O) groups excluding carboxylic acids is 1. The molecule has 1 fully saturated rings. The van der Waals surface area contributed by atoms with Gasteiger partial charge in [-0.2, -0.15) is 0 Å². The van der Waals surface area contributed by atoms with Crippen LogP contribution in [0, 0.1) is 0 Å². The van der Waals surface area contributed by atoms with E-state index in [1.54, 1.807) is 12.2 Å². The van der Waals surface area contributed by atoms with Crippen molar-refractivity contribution in [1.29, 1.82) is 0 Å². The zero-order valence-corrected chi connectivity index (χ0v) is 27.6. The molecule has 248 valence electrons. The van der Waals surface area contributed by atoms with E-state index in [9.17, 15) is 4.79 Å². The van der Waals surface area contributed by atoms with Crippen molar-refractivity contribution in [2.24, 2.45) is 0 Å². The molecule has 2 aliphatic heterocycles. The maximum Gasteiger partial charge on any atom is 0.528 e. The molecule has 0 spiro atoms. The maximum absolute atomic E-state index is 12.4. The highest BCUT2D eigenvalue weighted by Gasteiger charge is 2.34. The minimum absolute atomic E-state index is 0.131. The number of nitrogens with zero attached hydrogens (tertiary/aromatic N) is 1. The third-order valence-corrected chi connectivity index (χ3v) is 8.15. The molecule has 0 bridgehead atoms. The summed E-state index contributed by atoms with van der Waals surface area (Å²) in [5.74, 6) is 1.79. The van der Waals surface area contributed by atoms with Crippen molar-refractivity contribution in [3.05, 3.63) is 89.0 Å². The van der Waals surface area contributed by atoms with Crippen LogP contribution in [0.2, 0.25) is 0 Å². The third kappa shape index (κ3) is 9.85. The van der Waals surface area contributed by atoms with Crippen LogP contribution in [0.4, 0.5) is 10.5 Å². The minimum Gasteiger partial charge on any atom is -0.496 e. The predicted octanol–water partition coefficient (Wildman–Crippen LogP) is 7.28. The molecule has 3 aromatic rings. The lowest BCUT2D eigenvalue weighted by molar-refractivity contribution is -0.179. The number of rotatable bonds is 13. The number of hydrogen-bond acceptors (Lipinski definition) is 9. The lowest BCUT2D eigenvalue weighted by Crippen LogP contribution is -2.45. The largest absolute Gasteiger partial charge is 0.528 e. The molecule has 1 N–H and O–H groups in total. The summed E-state index contributed by atoms with van der Waals surface area (Å²) >= 11 is 0. The number of fused-ring (bicyclic) bond motifs is 1. The Bertz CT molecular complexity index is 1410. The first kappa shape index (κ1) is 33.6. The van der Waals surface area contributed by atoms with Crippen LogP contribution in [0.5, 0.6) is 11.5 Å². The van der Waals surface area contributed by atoms with E-state index in [-0.39, 0.29) is 12.0 Å². The summed E-state index contributed by atoms with van der Waals surface area (Å²) in [6.07, 6.45) is 2.92. The summed E-state index contributed by atoms with van der Waals surface area (Å²) in [7, 11) is 1.67. The fraction of sp³-hybridized carbons (Fsp3) is 0.486. The lowest BCUT2D eigenvalue weighted by Gasteiger charge is -2.37. The molecule has 9 heteroatoms. The van der Waals surface area contributed by atoms with Gasteiger partial charge in [0.25, 0.3) is 0 Å². The number of nitrogens with one attached hydrogen (secondary N) is 1. The summed E-state index contributed by atoms with van der Waals surface area (Å²) in [6, 6.07) is 22.7. The van der Waals surface area contributed by atoms with Crippen molar-refractivity contribution in [2.75, 3.05) is 45.3 Å². The van der Waals surface area contributed by atoms with E-state index >= 15 is 0 Å². The fourth-order valence-corrected chi connectivity index (χ4v) is 5.86. The standard InChI is InChI=1S/C37H48N2O7/c1-37(2,3)45-36(40)46-39-20-18-32(35(24-39)44-25-27-12-13-29-10-7-19-38-33(29)23-27)28-14-16-31(17-15-28)43-22-8-21-42-26-30-9-5-6-11-34(30)41-4/h5-6,9,11-17,23,32,35,38H,7-8,10,18-22,24-26H2,1-4H3/t32-,35+/m1/s1. The number of piperidine rings is 1. The van der Waals surface area contributed by atoms with Gasteiger partial charge in [-0.15, -0.1) is 5.06 Å². The van der Waals surface area contributed by atoms with E-state index in [2.05, 4.69) is 35.6 Å². The monoisotopic (exact) mass is 632 g/mol. The van der Waals surface area contributed by atoms with Crippen LogP contribution in [-0.4, -0.2) is 62.9 Å². The zero-order chi connectivity index (χ0) is 32.4. The van der Waals surface area contributed by atoms with Crippen molar-refractivity contribution in [2.45, 2.75) is 77.3 Å². The quantitative estimate of drug-likeness (QED) is 0.154. The molecule has 0 unspecified atom stereocenters. The first-order valence-corrected chi connectivity index (χ1v) is 16.3. The third-order valence-electron chi connectivity index (χ3n) is 8.15. The van der Waals surface area contributed by atoms with Crippen molar-refractivity contribution in [3.63, 3.8) is 0 Å². The number of aryl methyl sites for hydroxylation is 1. The molecule has 46 heavy (non-hydrogen) atoms. The van der Waals surface area contributed by atoms with Gasteiger partial charge >= 0.3 is 6.16 Å². The summed E-state index contributed by atoms with van der Waals surface area (Å²) in [5.41, 5.74) is 5.24. The Morgan fingerprint density at radius 3 is 2.63 bits per heavy atom. The van der Waals surface area contributed by atoms with Crippen LogP contribution >= 0.6 is 0 Å². The number of carbonyl (C=O) groups is 1. The molecule has 0 saturated carbocycles. The average Bonchev–Trinajstić information content (AvgIpc) is 3.05. The van der Waals surface area contributed by atoms with Gasteiger partial charge in [-0.3, -0.25) is 0 Å². The Labute approximate surface area is 273 Å². The van der Waals surface area contributed by atoms with Gasteiger partial charge in [0.2, 0.25) is 0 Å². The molecule has 1 saturated heterocycles. The Morgan fingerprint density at radius 2 is 1.83 bits per heavy atom. The van der Waals surface area contributed by atoms with E-state index in [1.807, 2.05) is 57.2 Å². The van der Waals surface area contributed by atoms with E-state index < -0.39 is 11.8 Å². The Balaban J connectivity index is 1.15. The summed E-state index contributed by atoms with van der Waals surface area (Å²) in [4.78, 5) is 18.0. The Morgan fingerprint density at radius 1 is 1.00 bits per heavy atom. The summed E-state index contributed by atoms with van der Waals surface area (Å²) in [5, 5.41) is 5.17. The number of ether oxygens (including phenoxy) is 5. The van der Waals surface area contributed by atoms with Gasteiger partial charge in [-0.1, -0.05) is 42.5 Å². The number of benzene rings is 3. The number of anilines is 1. The van der Waals surface area contributed by atoms with Crippen molar-refractivity contribution < 1.29 is 33.3 Å². The highest BCUT2D eigenvalue weighted by molar-refractivity contribution is 5.60. The van der Waals surface area contributed by atoms with Gasteiger partial charge < -0.3 is 33.8 Å². The highest BCUT2D eigenvalue weighted by atomic mass is 16.8. The number of hydrogen-bond donors (Lipinski definition) is 1. The molecule has 3 aromatic carbocycles. The lowest BCUT2D eigenvalue weighted by atomic mass is 9.87. The van der Waals surface area contributed by atoms with Gasteiger partial charge in [-0.05, 0) is 81.0 Å². The first-order chi connectivity index (χ1) is 22.3. The number of para-hydroxylation sites is 1. The van der Waals surface area contributed by atoms with Gasteiger partial charge in [0.1, 0.15) is 17.1 Å². The summed E-state index contributed by atoms with van der Waals surface area (Å²) in [6.45, 7) is 9.63. The zero-order valence-electron chi connectivity index (χ0n) is 27.6. The predicted molar refractivity (Wildman–Crippen MR) is 177 cm³/mol. The molecule has 0 amide bonds. The summed E-state index contributed by atoms with van der Waals surface area (Å²) < 4.78 is 29.2. The highest BCUT2D eigenvalue weighted by Crippen LogP contribution is 2.33. The Hall–Kier alpha value is -3.79. The van der Waals surface area contributed by atoms with Crippen LogP contribution in [0.15, 0.2) is 66.7 Å². The van der Waals surface area contributed by atoms with Crippen LogP contribution in [0.25, 0.3) is 0 Å². The first-order valence-electron chi connectivity index (χ1n) is 16.3. The van der Waals surface area contributed by atoms with E-state index in [1.165, 1.54) is 16.8 Å². The van der Waals surface area contributed by atoms with E-state index in [4.69, 9.17) is 28.5 Å². The van der Waals surface area contributed by atoms with E-state index in [0.717, 1.165) is 54.9 Å². The van der Waals surface area contributed by atoms with Gasteiger partial charge in [0, 0.05) is 36.7 Å². The number of hydroxylamine groups is 2. The topological polar surface area (TPSA) is 87.7 Å². The normalized spacial score (nSPS) is 18.3. The van der Waals surface area contributed by atoms with Gasteiger partial charge in [-0.25, -0.2) is 4.79 Å². The molecule has 0 radical (unpaired) electrons. The van der Waals surface area contributed by atoms with Gasteiger partial charge in [0.15, 0.2) is 0 Å². The fourth-order valence-electron chi connectivity index (χ4n) is 5.86. The van der Waals surface area contributed by atoms with E-state index in [0.29, 0.717) is 39.5 Å². The molecular weight excluding hydrogens is 584 g/mol. The second-order valence-corrected chi connectivity index (χ2v) is 12.8. The SMILES string of the molecule is COc1ccccc1COCCCOc1ccc([C@H]2CCN(OC(=O)OC(C)(C)C)C[C@@H]2OCc2ccc3c(c2)NCCC3)cc1. The second-order valence-electron chi connectivity index (χ2n) is 12.8. The molecule has 5 rings (SSSR count). The molecule has 0 aliphatic carbocycles. The average molecular weight is 633 g/mol. The van der Waals surface area contributed by atoms with Crippen LogP contribution in [0.1, 0.15) is 68.2 Å². The molecule has 2 atom stereocenters. The minimum atomic E-state index is -0.697. The number of methoxy groups -OCH3 is 1.